The van der Waals surface area contributed by atoms with E-state index in [9.17, 15) is 9.59 Å². The SMILES string of the molecule is CCCCCO[C@@]12C[C@@H]3[C@@H](NC(=O)c4ccc(Br)n43)[C@@H]1NC(=O)N2C. The molecule has 2 aliphatic heterocycles. The van der Waals surface area contributed by atoms with Crippen molar-refractivity contribution >= 4 is 27.9 Å². The zero-order chi connectivity index (χ0) is 17.8. The number of ether oxygens (including phenoxy) is 1. The van der Waals surface area contributed by atoms with Gasteiger partial charge in [-0.25, -0.2) is 4.79 Å². The van der Waals surface area contributed by atoms with Crippen LogP contribution in [0.4, 0.5) is 4.79 Å². The van der Waals surface area contributed by atoms with E-state index in [4.69, 9.17) is 4.74 Å². The fourth-order valence-electron chi connectivity index (χ4n) is 4.45. The Morgan fingerprint density at radius 1 is 1.32 bits per heavy atom. The van der Waals surface area contributed by atoms with Gasteiger partial charge in [-0.2, -0.15) is 0 Å². The van der Waals surface area contributed by atoms with Gasteiger partial charge in [0.05, 0.1) is 16.7 Å². The van der Waals surface area contributed by atoms with Crippen molar-refractivity contribution in [2.24, 2.45) is 0 Å². The maximum atomic E-state index is 12.5. The van der Waals surface area contributed by atoms with Gasteiger partial charge in [-0.05, 0) is 34.5 Å². The van der Waals surface area contributed by atoms with Crippen LogP contribution in [0.25, 0.3) is 0 Å². The zero-order valence-corrected chi connectivity index (χ0v) is 16.0. The number of rotatable bonds is 5. The lowest BCUT2D eigenvalue weighted by molar-refractivity contribution is -0.118. The summed E-state index contributed by atoms with van der Waals surface area (Å²) in [6.45, 7) is 2.76. The van der Waals surface area contributed by atoms with E-state index < -0.39 is 5.72 Å². The Morgan fingerprint density at radius 2 is 2.12 bits per heavy atom. The number of unbranched alkanes of at least 4 members (excludes halogenated alkanes) is 2. The Labute approximate surface area is 155 Å². The van der Waals surface area contributed by atoms with Crippen molar-refractivity contribution in [3.63, 3.8) is 0 Å². The number of nitrogens with zero attached hydrogens (tertiary/aromatic N) is 2. The molecule has 136 valence electrons. The first-order valence-electron chi connectivity index (χ1n) is 8.85. The smallest absolute Gasteiger partial charge is 0.319 e. The van der Waals surface area contributed by atoms with E-state index in [0.717, 1.165) is 23.9 Å². The van der Waals surface area contributed by atoms with Crippen LogP contribution in [0.3, 0.4) is 0 Å². The number of nitrogens with one attached hydrogen (secondary N) is 2. The number of urea groups is 1. The average Bonchev–Trinajstić information content (AvgIpc) is 3.18. The van der Waals surface area contributed by atoms with E-state index in [1.807, 2.05) is 16.7 Å². The van der Waals surface area contributed by atoms with Gasteiger partial charge in [0, 0.05) is 20.1 Å². The molecule has 4 rings (SSSR count). The molecule has 2 fully saturated rings. The third-order valence-electron chi connectivity index (χ3n) is 5.74. The van der Waals surface area contributed by atoms with E-state index in [2.05, 4.69) is 33.5 Å². The molecule has 25 heavy (non-hydrogen) atoms. The van der Waals surface area contributed by atoms with Crippen molar-refractivity contribution in [2.45, 2.75) is 56.5 Å². The van der Waals surface area contributed by atoms with Gasteiger partial charge in [-0.15, -0.1) is 0 Å². The molecule has 3 aliphatic rings. The molecule has 0 aromatic carbocycles. The van der Waals surface area contributed by atoms with E-state index >= 15 is 0 Å². The first kappa shape index (κ1) is 16.9. The van der Waals surface area contributed by atoms with Crippen LogP contribution in [0.5, 0.6) is 0 Å². The summed E-state index contributed by atoms with van der Waals surface area (Å²) in [7, 11) is 1.78. The summed E-state index contributed by atoms with van der Waals surface area (Å²) >= 11 is 3.55. The summed E-state index contributed by atoms with van der Waals surface area (Å²) in [5, 5.41) is 6.11. The number of aromatic nitrogens is 1. The van der Waals surface area contributed by atoms with Crippen LogP contribution in [-0.4, -0.2) is 52.9 Å². The van der Waals surface area contributed by atoms with Crippen LogP contribution < -0.4 is 10.6 Å². The monoisotopic (exact) mass is 410 g/mol. The highest BCUT2D eigenvalue weighted by Gasteiger charge is 2.65. The largest absolute Gasteiger partial charge is 0.353 e. The van der Waals surface area contributed by atoms with Crippen molar-refractivity contribution in [3.8, 4) is 0 Å². The topological polar surface area (TPSA) is 75.6 Å². The molecule has 1 saturated carbocycles. The third-order valence-corrected chi connectivity index (χ3v) is 6.39. The summed E-state index contributed by atoms with van der Waals surface area (Å²) in [5.41, 5.74) is -0.0816. The maximum absolute atomic E-state index is 12.5. The number of amides is 3. The highest BCUT2D eigenvalue weighted by atomic mass is 79.9. The number of hydrogen-bond acceptors (Lipinski definition) is 3. The van der Waals surface area contributed by atoms with Crippen LogP contribution >= 0.6 is 15.9 Å². The molecule has 3 amide bonds. The fourth-order valence-corrected chi connectivity index (χ4v) is 5.04. The molecule has 2 N–H and O–H groups in total. The van der Waals surface area contributed by atoms with Gasteiger partial charge in [-0.3, -0.25) is 9.69 Å². The van der Waals surface area contributed by atoms with Crippen molar-refractivity contribution < 1.29 is 14.3 Å². The summed E-state index contributed by atoms with van der Waals surface area (Å²) in [6.07, 6.45) is 3.83. The van der Waals surface area contributed by atoms with Gasteiger partial charge in [-0.1, -0.05) is 19.8 Å². The van der Waals surface area contributed by atoms with Crippen LogP contribution in [-0.2, 0) is 4.74 Å². The summed E-state index contributed by atoms with van der Waals surface area (Å²) in [4.78, 5) is 26.5. The molecule has 1 saturated heterocycles. The molecule has 1 aliphatic carbocycles. The van der Waals surface area contributed by atoms with Crippen molar-refractivity contribution in [3.05, 3.63) is 22.4 Å². The van der Waals surface area contributed by atoms with Gasteiger partial charge in [0.2, 0.25) is 0 Å². The number of halogens is 1. The van der Waals surface area contributed by atoms with E-state index in [1.165, 1.54) is 0 Å². The number of likely N-dealkylation sites (N-methyl/N-ethyl adjacent to an activating group) is 1. The molecule has 1 aromatic rings. The van der Waals surface area contributed by atoms with Gasteiger partial charge >= 0.3 is 6.03 Å². The Kier molecular flexibility index (Phi) is 4.07. The Hall–Kier alpha value is -1.54. The predicted octanol–water partition coefficient (Wildman–Crippen LogP) is 2.23. The maximum Gasteiger partial charge on any atom is 0.319 e. The van der Waals surface area contributed by atoms with E-state index in [1.54, 1.807) is 11.9 Å². The molecule has 1 aromatic heterocycles. The lowest BCUT2D eigenvalue weighted by atomic mass is 10.0. The lowest BCUT2D eigenvalue weighted by Crippen LogP contribution is -2.57. The second kappa shape index (κ2) is 6.02. The molecular weight excluding hydrogens is 388 g/mol. The fraction of sp³-hybridized carbons (Fsp3) is 0.647. The van der Waals surface area contributed by atoms with Gasteiger partial charge in [0.15, 0.2) is 5.72 Å². The second-order valence-corrected chi connectivity index (χ2v) is 7.88. The highest BCUT2D eigenvalue weighted by Crippen LogP contribution is 2.48. The van der Waals surface area contributed by atoms with Crippen molar-refractivity contribution in [1.29, 1.82) is 0 Å². The van der Waals surface area contributed by atoms with Crippen molar-refractivity contribution in [1.82, 2.24) is 20.1 Å². The Morgan fingerprint density at radius 3 is 2.88 bits per heavy atom. The Bertz CT molecular complexity index is 721. The minimum Gasteiger partial charge on any atom is -0.353 e. The number of carbonyl (C=O) groups is 2. The lowest BCUT2D eigenvalue weighted by Gasteiger charge is -2.35. The molecule has 3 heterocycles. The van der Waals surface area contributed by atoms with Crippen molar-refractivity contribution in [2.75, 3.05) is 13.7 Å². The molecule has 4 atom stereocenters. The number of carbonyl (C=O) groups excluding carboxylic acids is 2. The standard InChI is InChI=1S/C17H23BrN4O3/c1-3-4-5-8-25-17-9-11-13(14(17)20-16(24)21(17)2)19-15(23)10-6-7-12(18)22(10)11/h6-7,11,13-14H,3-5,8-9H2,1-2H3,(H,19,23)(H,20,24)/t11-,13-,14+,17+/m1/s1. The van der Waals surface area contributed by atoms with Gasteiger partial charge in [0.1, 0.15) is 11.7 Å². The third kappa shape index (κ3) is 2.33. The molecule has 0 radical (unpaired) electrons. The van der Waals surface area contributed by atoms with Crippen LogP contribution in [0.2, 0.25) is 0 Å². The molecule has 8 heteroatoms. The molecule has 0 spiro atoms. The average molecular weight is 411 g/mol. The summed E-state index contributed by atoms with van der Waals surface area (Å²) in [5.74, 6) is -0.113. The zero-order valence-electron chi connectivity index (χ0n) is 14.4. The minimum atomic E-state index is -0.723. The predicted molar refractivity (Wildman–Crippen MR) is 95.3 cm³/mol. The molecule has 0 bridgehead atoms. The van der Waals surface area contributed by atoms with Gasteiger partial charge < -0.3 is 19.9 Å². The molecular formula is C17H23BrN4O3. The van der Waals surface area contributed by atoms with Gasteiger partial charge in [0.25, 0.3) is 5.91 Å². The Balaban J connectivity index is 1.68. The summed E-state index contributed by atoms with van der Waals surface area (Å²) in [6, 6.07) is 3.15. The highest BCUT2D eigenvalue weighted by molar-refractivity contribution is 9.10. The molecule has 7 nitrogen and oxygen atoms in total. The minimum absolute atomic E-state index is 0.0382. The van der Waals surface area contributed by atoms with Crippen LogP contribution in [0, 0.1) is 0 Å². The first-order valence-corrected chi connectivity index (χ1v) is 9.65. The molecule has 0 unspecified atom stereocenters. The van der Waals surface area contributed by atoms with Crippen LogP contribution in [0.1, 0.15) is 49.1 Å². The quantitative estimate of drug-likeness (QED) is 0.730. The van der Waals surface area contributed by atoms with Crippen LogP contribution in [0.15, 0.2) is 16.7 Å². The van der Waals surface area contributed by atoms with E-state index in [0.29, 0.717) is 18.7 Å². The van der Waals surface area contributed by atoms with E-state index in [-0.39, 0.29) is 30.1 Å². The first-order chi connectivity index (χ1) is 12.0. The second-order valence-electron chi connectivity index (χ2n) is 7.07. The normalized spacial score (nSPS) is 32.9. The number of hydrogen-bond donors (Lipinski definition) is 2. The summed E-state index contributed by atoms with van der Waals surface area (Å²) < 4.78 is 9.22. The number of fused-ring (bicyclic) bond motifs is 5.